The highest BCUT2D eigenvalue weighted by molar-refractivity contribution is 5.99. The lowest BCUT2D eigenvalue weighted by atomic mass is 10.0. The topological polar surface area (TPSA) is 33.8 Å². The minimum Gasteiger partial charge on any atom is -1.00 e. The molecule has 0 aliphatic rings. The Kier molecular flexibility index (Phi) is 5.54. The standard InChI is InChI=1S/C22H17N2O.BrH/c25-22(21-6-5-17-3-1-2-4-20(17)15-21)16-24-13-9-19(10-14-24)18-7-11-23-12-8-18;/h1-15H,16H2;1H/q+1;/p-1. The monoisotopic (exact) mass is 404 g/mol. The molecule has 0 spiro atoms. The zero-order valence-corrected chi connectivity index (χ0v) is 15.6. The van der Waals surface area contributed by atoms with E-state index in [1.165, 1.54) is 0 Å². The molecule has 0 amide bonds. The van der Waals surface area contributed by atoms with Gasteiger partial charge in [0.25, 0.3) is 0 Å². The van der Waals surface area contributed by atoms with Gasteiger partial charge in [0.05, 0.1) is 0 Å². The molecular formula is C22H17BrN2O. The van der Waals surface area contributed by atoms with E-state index in [2.05, 4.69) is 11.1 Å². The average Bonchev–Trinajstić information content (AvgIpc) is 2.69. The fourth-order valence-electron chi connectivity index (χ4n) is 2.92. The lowest BCUT2D eigenvalue weighted by molar-refractivity contribution is -0.683. The highest BCUT2D eigenvalue weighted by atomic mass is 79.9. The van der Waals surface area contributed by atoms with E-state index >= 15 is 0 Å². The molecule has 2 heterocycles. The highest BCUT2D eigenvalue weighted by Gasteiger charge is 2.12. The van der Waals surface area contributed by atoms with Crippen molar-refractivity contribution in [2.75, 3.05) is 0 Å². The fraction of sp³-hybridized carbons (Fsp3) is 0.0455. The molecule has 26 heavy (non-hydrogen) atoms. The first kappa shape index (κ1) is 18.0. The molecule has 0 N–H and O–H groups in total. The van der Waals surface area contributed by atoms with Gasteiger partial charge < -0.3 is 17.0 Å². The number of rotatable bonds is 4. The van der Waals surface area contributed by atoms with Gasteiger partial charge in [0.2, 0.25) is 12.3 Å². The van der Waals surface area contributed by atoms with Crippen molar-refractivity contribution in [3.8, 4) is 11.1 Å². The summed E-state index contributed by atoms with van der Waals surface area (Å²) in [6.45, 7) is 0.328. The Morgan fingerprint density at radius 2 is 1.46 bits per heavy atom. The maximum Gasteiger partial charge on any atom is 0.227 e. The van der Waals surface area contributed by atoms with E-state index in [0.717, 1.165) is 27.5 Å². The molecule has 4 aromatic rings. The molecular weight excluding hydrogens is 388 g/mol. The summed E-state index contributed by atoms with van der Waals surface area (Å²) in [6.07, 6.45) is 7.43. The number of carbonyl (C=O) groups is 1. The molecule has 2 aromatic heterocycles. The summed E-state index contributed by atoms with van der Waals surface area (Å²) in [4.78, 5) is 16.6. The number of carbonyl (C=O) groups excluding carboxylic acids is 1. The van der Waals surface area contributed by atoms with Crippen LogP contribution in [0.1, 0.15) is 10.4 Å². The molecule has 0 fully saturated rings. The third-order valence-corrected chi connectivity index (χ3v) is 4.30. The molecule has 128 valence electrons. The van der Waals surface area contributed by atoms with E-state index in [1.54, 1.807) is 12.4 Å². The summed E-state index contributed by atoms with van der Waals surface area (Å²) in [7, 11) is 0. The first-order chi connectivity index (χ1) is 12.3. The lowest BCUT2D eigenvalue weighted by Gasteiger charge is -2.03. The minimum atomic E-state index is 0. The molecule has 0 atom stereocenters. The fourth-order valence-corrected chi connectivity index (χ4v) is 2.92. The molecule has 2 aromatic carbocycles. The van der Waals surface area contributed by atoms with Crippen LogP contribution in [0.2, 0.25) is 0 Å². The Balaban J connectivity index is 0.00000196. The molecule has 4 heteroatoms. The Labute approximate surface area is 162 Å². The van der Waals surface area contributed by atoms with Crippen LogP contribution in [0, 0.1) is 0 Å². The van der Waals surface area contributed by atoms with E-state index in [1.807, 2.05) is 77.6 Å². The first-order valence-corrected chi connectivity index (χ1v) is 8.21. The van der Waals surface area contributed by atoms with Crippen molar-refractivity contribution in [1.29, 1.82) is 0 Å². The van der Waals surface area contributed by atoms with Crippen LogP contribution in [0.4, 0.5) is 0 Å². The van der Waals surface area contributed by atoms with Crippen LogP contribution < -0.4 is 21.5 Å². The number of fused-ring (bicyclic) bond motifs is 1. The predicted octanol–water partition coefficient (Wildman–Crippen LogP) is 1.08. The van der Waals surface area contributed by atoms with Gasteiger partial charge in [0, 0.05) is 30.1 Å². The summed E-state index contributed by atoms with van der Waals surface area (Å²) >= 11 is 0. The van der Waals surface area contributed by atoms with Crippen molar-refractivity contribution in [3.63, 3.8) is 0 Å². The van der Waals surface area contributed by atoms with Crippen molar-refractivity contribution >= 4 is 16.6 Å². The van der Waals surface area contributed by atoms with Gasteiger partial charge in [-0.3, -0.25) is 9.78 Å². The Hall–Kier alpha value is -2.85. The SMILES string of the molecule is O=C(C[n+]1ccc(-c2ccncc2)cc1)c1ccc2ccccc2c1.[Br-]. The van der Waals surface area contributed by atoms with Crippen molar-refractivity contribution in [1.82, 2.24) is 4.98 Å². The van der Waals surface area contributed by atoms with Crippen molar-refractivity contribution in [2.24, 2.45) is 0 Å². The maximum atomic E-state index is 12.6. The van der Waals surface area contributed by atoms with Crippen molar-refractivity contribution in [2.45, 2.75) is 6.54 Å². The number of pyridine rings is 2. The molecule has 0 unspecified atom stereocenters. The van der Waals surface area contributed by atoms with Crippen LogP contribution in [0.3, 0.4) is 0 Å². The molecule has 0 saturated carbocycles. The number of Topliss-reactive ketones (excluding diaryl/α,β-unsaturated/α-hetero) is 1. The zero-order chi connectivity index (χ0) is 17.1. The summed E-state index contributed by atoms with van der Waals surface area (Å²) in [5.74, 6) is 0.104. The summed E-state index contributed by atoms with van der Waals surface area (Å²) in [5, 5.41) is 2.24. The second-order valence-electron chi connectivity index (χ2n) is 5.98. The molecule has 0 aliphatic carbocycles. The predicted molar refractivity (Wildman–Crippen MR) is 98.1 cm³/mol. The van der Waals surface area contributed by atoms with Crippen LogP contribution in [0.15, 0.2) is 91.5 Å². The largest absolute Gasteiger partial charge is 1.00 e. The minimum absolute atomic E-state index is 0. The number of halogens is 1. The summed E-state index contributed by atoms with van der Waals surface area (Å²) in [5.41, 5.74) is 2.96. The van der Waals surface area contributed by atoms with Gasteiger partial charge in [0.1, 0.15) is 0 Å². The Morgan fingerprint density at radius 3 is 2.19 bits per heavy atom. The second kappa shape index (κ2) is 8.02. The van der Waals surface area contributed by atoms with Crippen LogP contribution in [0.5, 0.6) is 0 Å². The lowest BCUT2D eigenvalue weighted by Crippen LogP contribution is -3.00. The van der Waals surface area contributed by atoms with Gasteiger partial charge in [0.15, 0.2) is 12.4 Å². The normalized spacial score (nSPS) is 10.3. The third-order valence-electron chi connectivity index (χ3n) is 4.30. The molecule has 4 rings (SSSR count). The number of hydrogen-bond acceptors (Lipinski definition) is 2. The maximum absolute atomic E-state index is 12.6. The molecule has 0 bridgehead atoms. The van der Waals surface area contributed by atoms with Crippen LogP contribution in [0.25, 0.3) is 21.9 Å². The van der Waals surface area contributed by atoms with Gasteiger partial charge in [-0.25, -0.2) is 0 Å². The highest BCUT2D eigenvalue weighted by Crippen LogP contribution is 2.17. The quantitative estimate of drug-likeness (QED) is 0.376. The Morgan fingerprint density at radius 1 is 0.808 bits per heavy atom. The molecule has 0 saturated heterocycles. The third kappa shape index (κ3) is 3.86. The van der Waals surface area contributed by atoms with E-state index in [9.17, 15) is 4.79 Å². The van der Waals surface area contributed by atoms with Gasteiger partial charge in [-0.05, 0) is 40.1 Å². The van der Waals surface area contributed by atoms with E-state index in [-0.39, 0.29) is 22.8 Å². The van der Waals surface area contributed by atoms with Crippen LogP contribution in [-0.2, 0) is 6.54 Å². The molecule has 0 radical (unpaired) electrons. The first-order valence-electron chi connectivity index (χ1n) is 8.21. The number of hydrogen-bond donors (Lipinski definition) is 0. The number of nitrogens with zero attached hydrogens (tertiary/aromatic N) is 2. The van der Waals surface area contributed by atoms with Gasteiger partial charge >= 0.3 is 0 Å². The van der Waals surface area contributed by atoms with Crippen LogP contribution in [-0.4, -0.2) is 10.8 Å². The molecule has 3 nitrogen and oxygen atoms in total. The Bertz CT molecular complexity index is 1030. The number of ketones is 1. The van der Waals surface area contributed by atoms with Gasteiger partial charge in [-0.15, -0.1) is 0 Å². The molecule has 0 aliphatic heterocycles. The second-order valence-corrected chi connectivity index (χ2v) is 5.98. The number of aromatic nitrogens is 2. The summed E-state index contributed by atoms with van der Waals surface area (Å²) in [6, 6.07) is 21.9. The smallest absolute Gasteiger partial charge is 0.227 e. The van der Waals surface area contributed by atoms with E-state index in [4.69, 9.17) is 0 Å². The van der Waals surface area contributed by atoms with Gasteiger partial charge in [-0.1, -0.05) is 36.4 Å². The zero-order valence-electron chi connectivity index (χ0n) is 14.0. The van der Waals surface area contributed by atoms with Gasteiger partial charge in [-0.2, -0.15) is 4.57 Å². The van der Waals surface area contributed by atoms with E-state index in [0.29, 0.717) is 6.54 Å². The van der Waals surface area contributed by atoms with E-state index < -0.39 is 0 Å². The van der Waals surface area contributed by atoms with Crippen LogP contribution >= 0.6 is 0 Å². The summed E-state index contributed by atoms with van der Waals surface area (Å²) < 4.78 is 1.90. The average molecular weight is 405 g/mol. The number of benzene rings is 2. The van der Waals surface area contributed by atoms with Crippen molar-refractivity contribution in [3.05, 3.63) is 97.1 Å². The van der Waals surface area contributed by atoms with Crippen molar-refractivity contribution < 1.29 is 26.3 Å².